The van der Waals surface area contributed by atoms with Gasteiger partial charge in [0.05, 0.1) is 30.5 Å². The number of hydrogen-bond acceptors (Lipinski definition) is 13. The number of nitrogens with zero attached hydrogens (tertiary/aromatic N) is 1. The van der Waals surface area contributed by atoms with Crippen LogP contribution >= 0.6 is 11.8 Å². The van der Waals surface area contributed by atoms with E-state index in [-0.39, 0.29) is 54.3 Å². The Bertz CT molecular complexity index is 1580. The summed E-state index contributed by atoms with van der Waals surface area (Å²) in [5.41, 5.74) is 1.68. The lowest BCUT2D eigenvalue weighted by Gasteiger charge is -2.47. The molecule has 3 aliphatic heterocycles. The van der Waals surface area contributed by atoms with Crippen LogP contribution in [0.5, 0.6) is 0 Å². The number of ketones is 2. The minimum atomic E-state index is -2.51. The van der Waals surface area contributed by atoms with Crippen molar-refractivity contribution < 1.29 is 58.2 Å². The number of Topliss-reactive ketones (excluding diaryl/α,β-unsaturated/α-hetero) is 2. The van der Waals surface area contributed by atoms with E-state index in [4.69, 9.17) is 23.7 Å². The number of allylic oxidation sites excluding steroid dienone is 3. The predicted octanol–water partition coefficient (Wildman–Crippen LogP) is 6.37. The second kappa shape index (κ2) is 23.3. The molecule has 4 aliphatic rings. The summed E-state index contributed by atoms with van der Waals surface area (Å²) in [6.45, 7) is 15.9. The Kier molecular flexibility index (Phi) is 19.7. The van der Waals surface area contributed by atoms with Gasteiger partial charge < -0.3 is 43.9 Å². The largest absolute Gasteiger partial charge is 0.456 e. The molecule has 62 heavy (non-hydrogen) atoms. The van der Waals surface area contributed by atoms with E-state index in [1.54, 1.807) is 35.2 Å². The number of methoxy groups -OCH3 is 3. The average Bonchev–Trinajstić information content (AvgIpc) is 3.22. The molecule has 0 radical (unpaired) electrons. The van der Waals surface area contributed by atoms with E-state index in [1.807, 2.05) is 37.8 Å². The van der Waals surface area contributed by atoms with Crippen LogP contribution in [0.25, 0.3) is 0 Å². The number of cyclic esters (lactones) is 1. The molecule has 0 aromatic heterocycles. The van der Waals surface area contributed by atoms with Gasteiger partial charge in [-0.1, -0.05) is 59.3 Å². The molecule has 2 bridgehead atoms. The summed E-state index contributed by atoms with van der Waals surface area (Å²) in [6, 6.07) is -1.14. The van der Waals surface area contributed by atoms with Crippen LogP contribution in [0.15, 0.2) is 23.3 Å². The van der Waals surface area contributed by atoms with Gasteiger partial charge in [-0.05, 0) is 108 Å². The maximum atomic E-state index is 14.4. The number of piperidine rings is 1. The molecule has 3 N–H and O–H groups in total. The summed E-state index contributed by atoms with van der Waals surface area (Å²) in [7, 11) is 4.66. The van der Waals surface area contributed by atoms with E-state index in [2.05, 4.69) is 27.7 Å². The number of thioether (sulfide) groups is 1. The monoisotopic (exact) mass is 894 g/mol. The Morgan fingerprint density at radius 2 is 1.58 bits per heavy atom. The molecule has 3 heterocycles. The van der Waals surface area contributed by atoms with Crippen LogP contribution in [0, 0.1) is 29.6 Å². The van der Waals surface area contributed by atoms with E-state index in [1.165, 1.54) is 4.90 Å². The van der Waals surface area contributed by atoms with Crippen molar-refractivity contribution in [3.05, 3.63) is 23.3 Å². The molecular weight excluding hydrogens is 815 g/mol. The van der Waals surface area contributed by atoms with Crippen molar-refractivity contribution in [3.8, 4) is 0 Å². The van der Waals surface area contributed by atoms with Gasteiger partial charge in [0.2, 0.25) is 5.79 Å². The Morgan fingerprint density at radius 1 is 0.919 bits per heavy atom. The van der Waals surface area contributed by atoms with Crippen LogP contribution in [-0.4, -0.2) is 137 Å². The number of carbonyl (C=O) groups is 4. The van der Waals surface area contributed by atoms with Crippen LogP contribution < -0.4 is 0 Å². The summed E-state index contributed by atoms with van der Waals surface area (Å²) in [5, 5.41) is 34.5. The second-order valence-corrected chi connectivity index (χ2v) is 21.8. The molecule has 0 unspecified atom stereocenters. The van der Waals surface area contributed by atoms with E-state index in [0.29, 0.717) is 56.9 Å². The van der Waals surface area contributed by atoms with Crippen molar-refractivity contribution in [2.24, 2.45) is 29.6 Å². The van der Waals surface area contributed by atoms with E-state index < -0.39 is 83.9 Å². The van der Waals surface area contributed by atoms with Crippen molar-refractivity contribution in [1.29, 1.82) is 0 Å². The van der Waals surface area contributed by atoms with Gasteiger partial charge in [-0.3, -0.25) is 14.4 Å². The summed E-state index contributed by atoms with van der Waals surface area (Å²) >= 11 is 1.85. The Morgan fingerprint density at radius 3 is 2.23 bits per heavy atom. The number of amides is 1. The van der Waals surface area contributed by atoms with Crippen molar-refractivity contribution in [3.63, 3.8) is 0 Å². The molecule has 4 rings (SSSR count). The molecule has 0 aromatic rings. The first-order valence-corrected chi connectivity index (χ1v) is 24.0. The van der Waals surface area contributed by atoms with Crippen LogP contribution in [0.1, 0.15) is 132 Å². The summed E-state index contributed by atoms with van der Waals surface area (Å²) < 4.78 is 30.1. The lowest BCUT2D eigenvalue weighted by atomic mass is 9.81. The second-order valence-electron chi connectivity index (χ2n) is 19.9. The highest BCUT2D eigenvalue weighted by atomic mass is 32.2. The Hall–Kier alpha value is -2.17. The predicted molar refractivity (Wildman–Crippen MR) is 239 cm³/mol. The van der Waals surface area contributed by atoms with Crippen molar-refractivity contribution in [1.82, 2.24) is 4.90 Å². The number of ether oxygens (including phenoxy) is 5. The van der Waals surface area contributed by atoms with Crippen LogP contribution in [0.3, 0.4) is 0 Å². The molecule has 2 saturated heterocycles. The molecule has 13 nitrogen and oxygen atoms in total. The highest BCUT2D eigenvalue weighted by Crippen LogP contribution is 2.39. The fraction of sp³-hybridized carbons (Fsp3) is 0.833. The highest BCUT2D eigenvalue weighted by molar-refractivity contribution is 8.00. The third kappa shape index (κ3) is 13.7. The lowest BCUT2D eigenvalue weighted by Crippen LogP contribution is -2.64. The SMILES string of the molecule is CO[C@H]1C[C@@H](C)C/C(C)=C/[C@@H](CCCSC(C)(C)C)C(=O)C[C@H](O)[C@@H](C)[C@@H](/C(C)=C/[C@@H]2CC[C@@H](O)[C@H](OC)C2)OC(=O)[C@@H]2CCCCN2C(=O)C(=O)[C@]2(O)O[C@H]1[C@@H](OC)C[C@H]2C. The number of rotatable bonds is 9. The molecule has 14 heteroatoms. The molecule has 0 spiro atoms. The molecular formula is C48H79NO12S. The van der Waals surface area contributed by atoms with E-state index in [0.717, 1.165) is 17.7 Å². The Labute approximate surface area is 375 Å². The number of carbonyl (C=O) groups excluding carboxylic acids is 4. The van der Waals surface area contributed by atoms with Gasteiger partial charge in [0.15, 0.2) is 0 Å². The standard InChI is InChI=1S/C48H79NO12S/c1-28-21-29(2)23-40(58-10)43-41(59-11)25-31(4)48(56,61-43)44(53)45(54)49-19-13-12-16-35(49)46(55)60-42(30(3)24-33-17-18-36(50)39(26-33)57-9)32(5)37(51)27-38(52)34(22-28)15-14-20-62-47(6,7)8/h22,24,29,31-37,39-43,50-51,56H,12-21,23,25-27H2,1-11H3/b28-22+,30-24+/t29-,31+,32+,33-,34+,35-,36+,37-,39+,40-,41-,42+,43+,48+/m0/s1. The quantitative estimate of drug-likeness (QED) is 0.101. The summed E-state index contributed by atoms with van der Waals surface area (Å²) in [6.07, 6.45) is 4.59. The molecule has 1 saturated carbocycles. The minimum Gasteiger partial charge on any atom is -0.456 e. The Balaban J connectivity index is 1.78. The van der Waals surface area contributed by atoms with Gasteiger partial charge >= 0.3 is 5.97 Å². The van der Waals surface area contributed by atoms with Gasteiger partial charge in [0, 0.05) is 56.8 Å². The van der Waals surface area contributed by atoms with Crippen molar-refractivity contribution >= 4 is 35.2 Å². The van der Waals surface area contributed by atoms with Gasteiger partial charge in [0.25, 0.3) is 11.7 Å². The highest BCUT2D eigenvalue weighted by Gasteiger charge is 2.56. The van der Waals surface area contributed by atoms with Crippen LogP contribution in [0.2, 0.25) is 0 Å². The number of aliphatic hydroxyl groups is 3. The van der Waals surface area contributed by atoms with Crippen molar-refractivity contribution in [2.75, 3.05) is 33.6 Å². The van der Waals surface area contributed by atoms with Gasteiger partial charge in [-0.15, -0.1) is 0 Å². The zero-order chi connectivity index (χ0) is 46.1. The van der Waals surface area contributed by atoms with Gasteiger partial charge in [-0.25, -0.2) is 4.79 Å². The van der Waals surface area contributed by atoms with E-state index in [9.17, 15) is 34.5 Å². The molecule has 0 aromatic carbocycles. The van der Waals surface area contributed by atoms with Crippen molar-refractivity contribution in [2.45, 2.75) is 192 Å². The fourth-order valence-electron chi connectivity index (χ4n) is 9.97. The maximum Gasteiger partial charge on any atom is 0.329 e. The number of aliphatic hydroxyl groups excluding tert-OH is 2. The number of esters is 1. The molecule has 1 aliphatic carbocycles. The van der Waals surface area contributed by atoms with Gasteiger partial charge in [0.1, 0.15) is 24.0 Å². The maximum absolute atomic E-state index is 14.4. The average molecular weight is 894 g/mol. The third-order valence-electron chi connectivity index (χ3n) is 13.6. The first-order valence-electron chi connectivity index (χ1n) is 23.1. The molecule has 3 fully saturated rings. The molecule has 354 valence electrons. The smallest absolute Gasteiger partial charge is 0.329 e. The van der Waals surface area contributed by atoms with Crippen LogP contribution in [-0.2, 0) is 42.9 Å². The van der Waals surface area contributed by atoms with Crippen LogP contribution in [0.4, 0.5) is 0 Å². The zero-order valence-corrected chi connectivity index (χ0v) is 40.2. The van der Waals surface area contributed by atoms with Gasteiger partial charge in [-0.2, -0.15) is 11.8 Å². The number of hydrogen-bond donors (Lipinski definition) is 3. The minimum absolute atomic E-state index is 0.00753. The fourth-order valence-corrected chi connectivity index (χ4v) is 10.9. The zero-order valence-electron chi connectivity index (χ0n) is 39.4. The normalized spacial score (nSPS) is 39.0. The van der Waals surface area contributed by atoms with E-state index >= 15 is 0 Å². The third-order valence-corrected chi connectivity index (χ3v) is 15.0. The first-order chi connectivity index (χ1) is 29.1. The summed E-state index contributed by atoms with van der Waals surface area (Å²) in [4.78, 5) is 58.6. The molecule has 14 atom stereocenters. The summed E-state index contributed by atoms with van der Waals surface area (Å²) in [5.74, 6) is -6.65. The molecule has 1 amide bonds. The first kappa shape index (κ1) is 52.5. The lowest BCUT2D eigenvalue weighted by molar-refractivity contribution is -0.302. The number of fused-ring (bicyclic) bond motifs is 3. The topological polar surface area (TPSA) is 178 Å².